The van der Waals surface area contributed by atoms with Gasteiger partial charge >= 0.3 is 6.03 Å². The molecule has 8 heteroatoms. The Morgan fingerprint density at radius 2 is 1.74 bits per heavy atom. The van der Waals surface area contributed by atoms with E-state index in [1.807, 2.05) is 31.2 Å². The van der Waals surface area contributed by atoms with E-state index in [-0.39, 0.29) is 5.57 Å². The van der Waals surface area contributed by atoms with Crippen molar-refractivity contribution in [1.82, 2.24) is 5.32 Å². The highest BCUT2D eigenvalue weighted by Gasteiger charge is 2.36. The number of methoxy groups -OCH3 is 1. The number of carbonyl (C=O) groups excluding carboxylic acids is 3. The molecule has 1 aliphatic heterocycles. The molecule has 0 radical (unpaired) electrons. The Morgan fingerprint density at radius 3 is 2.44 bits per heavy atom. The zero-order chi connectivity index (χ0) is 24.2. The number of barbiturate groups is 1. The van der Waals surface area contributed by atoms with Crippen molar-refractivity contribution < 1.29 is 23.9 Å². The molecule has 3 aromatic rings. The lowest BCUT2D eigenvalue weighted by molar-refractivity contribution is -0.122. The van der Waals surface area contributed by atoms with E-state index in [1.165, 1.54) is 25.3 Å². The van der Waals surface area contributed by atoms with Crippen LogP contribution in [0.15, 0.2) is 72.3 Å². The summed E-state index contributed by atoms with van der Waals surface area (Å²) in [7, 11) is 1.51. The number of anilines is 1. The van der Waals surface area contributed by atoms with E-state index >= 15 is 0 Å². The first-order valence-electron chi connectivity index (χ1n) is 10.4. The molecule has 4 amide bonds. The quantitative estimate of drug-likeness (QED) is 0.404. The average molecular weight is 477 g/mol. The normalized spacial score (nSPS) is 14.9. The number of amides is 4. The lowest BCUT2D eigenvalue weighted by Gasteiger charge is -2.26. The molecule has 0 aliphatic carbocycles. The maximum Gasteiger partial charge on any atom is 0.335 e. The van der Waals surface area contributed by atoms with E-state index in [9.17, 15) is 14.4 Å². The fourth-order valence-corrected chi connectivity index (χ4v) is 3.63. The van der Waals surface area contributed by atoms with Crippen molar-refractivity contribution in [3.8, 4) is 11.5 Å². The number of urea groups is 1. The van der Waals surface area contributed by atoms with Crippen LogP contribution in [0.1, 0.15) is 16.7 Å². The van der Waals surface area contributed by atoms with Gasteiger partial charge in [0.25, 0.3) is 11.8 Å². The van der Waals surface area contributed by atoms with Crippen LogP contribution >= 0.6 is 11.6 Å². The maximum absolute atomic E-state index is 13.0. The lowest BCUT2D eigenvalue weighted by atomic mass is 10.1. The van der Waals surface area contributed by atoms with Gasteiger partial charge in [0.15, 0.2) is 11.5 Å². The van der Waals surface area contributed by atoms with Crippen LogP contribution in [-0.2, 0) is 16.2 Å². The number of hydrogen-bond donors (Lipinski definition) is 1. The molecule has 0 unspecified atom stereocenters. The molecule has 0 aromatic heterocycles. The van der Waals surface area contributed by atoms with Crippen molar-refractivity contribution in [1.29, 1.82) is 0 Å². The van der Waals surface area contributed by atoms with Crippen LogP contribution in [0.5, 0.6) is 11.5 Å². The van der Waals surface area contributed by atoms with E-state index in [4.69, 9.17) is 21.1 Å². The van der Waals surface area contributed by atoms with Gasteiger partial charge in [-0.05, 0) is 60.5 Å². The van der Waals surface area contributed by atoms with Crippen molar-refractivity contribution in [3.05, 3.63) is 94.0 Å². The zero-order valence-corrected chi connectivity index (χ0v) is 19.3. The maximum atomic E-state index is 13.0. The van der Waals surface area contributed by atoms with E-state index in [0.717, 1.165) is 16.0 Å². The van der Waals surface area contributed by atoms with Crippen LogP contribution < -0.4 is 19.7 Å². The van der Waals surface area contributed by atoms with Crippen molar-refractivity contribution in [2.45, 2.75) is 13.5 Å². The Kier molecular flexibility index (Phi) is 6.65. The van der Waals surface area contributed by atoms with Gasteiger partial charge in [-0.3, -0.25) is 14.9 Å². The number of nitrogens with zero attached hydrogens (tertiary/aromatic N) is 1. The Balaban J connectivity index is 1.59. The monoisotopic (exact) mass is 476 g/mol. The highest BCUT2D eigenvalue weighted by atomic mass is 35.5. The van der Waals surface area contributed by atoms with Gasteiger partial charge < -0.3 is 9.47 Å². The minimum absolute atomic E-state index is 0.190. The number of halogens is 1. The largest absolute Gasteiger partial charge is 0.493 e. The predicted octanol–water partition coefficient (Wildman–Crippen LogP) is 4.90. The van der Waals surface area contributed by atoms with E-state index in [1.54, 1.807) is 30.3 Å². The molecule has 1 N–H and O–H groups in total. The highest BCUT2D eigenvalue weighted by molar-refractivity contribution is 6.39. The first-order chi connectivity index (χ1) is 16.4. The first-order valence-corrected chi connectivity index (χ1v) is 10.8. The smallest absolute Gasteiger partial charge is 0.335 e. The molecule has 4 rings (SSSR count). The number of imide groups is 2. The van der Waals surface area contributed by atoms with Gasteiger partial charge in [0.1, 0.15) is 12.2 Å². The Labute approximate surface area is 201 Å². The molecule has 0 bridgehead atoms. The standard InChI is InChI=1S/C26H21ClN2O5/c1-16-4-3-5-18(12-16)15-34-22-11-6-17(14-23(22)33-2)13-21-24(30)28-26(32)29(25(21)31)20-9-7-19(27)8-10-20/h3-14H,15H2,1-2H3,(H,28,30,32)/b21-13-. The molecule has 1 saturated heterocycles. The van der Waals surface area contributed by atoms with Gasteiger partial charge in [0, 0.05) is 5.02 Å². The summed E-state index contributed by atoms with van der Waals surface area (Å²) in [6.45, 7) is 2.37. The summed E-state index contributed by atoms with van der Waals surface area (Å²) in [5.74, 6) is -0.561. The van der Waals surface area contributed by atoms with Crippen LogP contribution in [0.25, 0.3) is 6.08 Å². The average Bonchev–Trinajstić information content (AvgIpc) is 2.82. The van der Waals surface area contributed by atoms with E-state index < -0.39 is 17.8 Å². The molecule has 1 aliphatic rings. The van der Waals surface area contributed by atoms with Gasteiger partial charge in [-0.25, -0.2) is 9.69 Å². The third-order valence-electron chi connectivity index (χ3n) is 5.16. The fourth-order valence-electron chi connectivity index (χ4n) is 3.50. The molecule has 0 atom stereocenters. The second-order valence-electron chi connectivity index (χ2n) is 7.62. The van der Waals surface area contributed by atoms with Crippen molar-refractivity contribution in [2.75, 3.05) is 12.0 Å². The molecular weight excluding hydrogens is 456 g/mol. The molecule has 172 valence electrons. The van der Waals surface area contributed by atoms with Crippen LogP contribution in [-0.4, -0.2) is 25.0 Å². The van der Waals surface area contributed by atoms with Crippen molar-refractivity contribution >= 4 is 41.2 Å². The predicted molar refractivity (Wildman–Crippen MR) is 129 cm³/mol. The van der Waals surface area contributed by atoms with Gasteiger partial charge in [-0.1, -0.05) is 47.5 Å². The fraction of sp³-hybridized carbons (Fsp3) is 0.115. The van der Waals surface area contributed by atoms with Crippen molar-refractivity contribution in [3.63, 3.8) is 0 Å². The Hall–Kier alpha value is -4.10. The molecule has 1 fully saturated rings. The molecule has 0 spiro atoms. The second kappa shape index (κ2) is 9.80. The summed E-state index contributed by atoms with van der Waals surface area (Å²) < 4.78 is 11.3. The van der Waals surface area contributed by atoms with Crippen LogP contribution in [0, 0.1) is 6.92 Å². The number of aryl methyl sites for hydroxylation is 1. The lowest BCUT2D eigenvalue weighted by Crippen LogP contribution is -2.54. The first kappa shape index (κ1) is 23.1. The second-order valence-corrected chi connectivity index (χ2v) is 8.06. The molecular formula is C26H21ClN2O5. The van der Waals surface area contributed by atoms with E-state index in [0.29, 0.717) is 34.4 Å². The molecule has 7 nitrogen and oxygen atoms in total. The third-order valence-corrected chi connectivity index (χ3v) is 5.41. The number of hydrogen-bond acceptors (Lipinski definition) is 5. The van der Waals surface area contributed by atoms with E-state index in [2.05, 4.69) is 5.32 Å². The summed E-state index contributed by atoms with van der Waals surface area (Å²) in [6.07, 6.45) is 1.40. The van der Waals surface area contributed by atoms with Gasteiger partial charge in [-0.15, -0.1) is 0 Å². The summed E-state index contributed by atoms with van der Waals surface area (Å²) in [6, 6.07) is 18.4. The molecule has 3 aromatic carbocycles. The number of benzene rings is 3. The van der Waals surface area contributed by atoms with Crippen LogP contribution in [0.3, 0.4) is 0 Å². The third kappa shape index (κ3) is 4.94. The number of carbonyl (C=O) groups is 3. The number of nitrogens with one attached hydrogen (secondary N) is 1. The summed E-state index contributed by atoms with van der Waals surface area (Å²) in [5.41, 5.74) is 2.79. The highest BCUT2D eigenvalue weighted by Crippen LogP contribution is 2.30. The SMILES string of the molecule is COc1cc(/C=C2/C(=O)NC(=O)N(c3ccc(Cl)cc3)C2=O)ccc1OCc1cccc(C)c1. The molecule has 0 saturated carbocycles. The topological polar surface area (TPSA) is 84.9 Å². The van der Waals surface area contributed by atoms with Gasteiger partial charge in [-0.2, -0.15) is 0 Å². The number of rotatable bonds is 6. The minimum atomic E-state index is -0.827. The Morgan fingerprint density at radius 1 is 0.971 bits per heavy atom. The Bertz CT molecular complexity index is 1300. The van der Waals surface area contributed by atoms with Gasteiger partial charge in [0.05, 0.1) is 12.8 Å². The molecule has 1 heterocycles. The summed E-state index contributed by atoms with van der Waals surface area (Å²) >= 11 is 5.90. The minimum Gasteiger partial charge on any atom is -0.493 e. The van der Waals surface area contributed by atoms with Crippen molar-refractivity contribution in [2.24, 2.45) is 0 Å². The van der Waals surface area contributed by atoms with Crippen LogP contribution in [0.4, 0.5) is 10.5 Å². The zero-order valence-electron chi connectivity index (χ0n) is 18.5. The van der Waals surface area contributed by atoms with Gasteiger partial charge in [0.2, 0.25) is 0 Å². The number of ether oxygens (including phenoxy) is 2. The van der Waals surface area contributed by atoms with Crippen LogP contribution in [0.2, 0.25) is 5.02 Å². The summed E-state index contributed by atoms with van der Waals surface area (Å²) in [5, 5.41) is 2.65. The molecule has 34 heavy (non-hydrogen) atoms. The summed E-state index contributed by atoms with van der Waals surface area (Å²) in [4.78, 5) is 38.7.